The third-order valence-electron chi connectivity index (χ3n) is 6.73. The van der Waals surface area contributed by atoms with Crippen LogP contribution in [0.15, 0.2) is 65.8 Å². The van der Waals surface area contributed by atoms with Gasteiger partial charge in [0, 0.05) is 35.7 Å². The van der Waals surface area contributed by atoms with Crippen LogP contribution < -0.4 is 20.2 Å². The number of benzene rings is 3. The minimum Gasteiger partial charge on any atom is -0.492 e. The van der Waals surface area contributed by atoms with Crippen LogP contribution in [0.3, 0.4) is 0 Å². The monoisotopic (exact) mass is 548 g/mol. The van der Waals surface area contributed by atoms with E-state index < -0.39 is 6.10 Å². The van der Waals surface area contributed by atoms with Crippen molar-refractivity contribution in [3.63, 3.8) is 0 Å². The number of aromatic amines is 1. The molecule has 0 saturated carbocycles. The number of rotatable bonds is 13. The van der Waals surface area contributed by atoms with Crippen molar-refractivity contribution in [1.29, 1.82) is 0 Å². The second kappa shape index (κ2) is 13.0. The first-order chi connectivity index (χ1) is 19.1. The molecular weight excluding hydrogens is 516 g/mol. The highest BCUT2D eigenvalue weighted by Crippen LogP contribution is 2.33. The summed E-state index contributed by atoms with van der Waals surface area (Å²) in [4.78, 5) is 14.7. The number of nitrogens with zero attached hydrogens (tertiary/aromatic N) is 1. The van der Waals surface area contributed by atoms with Gasteiger partial charge in [-0.2, -0.15) is 5.10 Å². The SMILES string of the molecule is O=C1CCC(c2ccc(OCCCCCNCC(O)COc3cccc4[nH]c5ccccc5c34)c(Cl)c2)=NN1. The molecule has 0 spiro atoms. The number of hydrogen-bond acceptors (Lipinski definition) is 6. The number of nitrogens with one attached hydrogen (secondary N) is 3. The fraction of sp³-hybridized carbons (Fsp3) is 0.333. The van der Waals surface area contributed by atoms with Gasteiger partial charge in [0.25, 0.3) is 0 Å². The van der Waals surface area contributed by atoms with Crippen LogP contribution in [0.2, 0.25) is 5.02 Å². The molecule has 9 heteroatoms. The molecule has 0 saturated heterocycles. The highest BCUT2D eigenvalue weighted by molar-refractivity contribution is 6.32. The summed E-state index contributed by atoms with van der Waals surface area (Å²) in [5, 5.41) is 20.5. The Balaban J connectivity index is 0.967. The maximum absolute atomic E-state index is 11.3. The van der Waals surface area contributed by atoms with Crippen molar-refractivity contribution in [1.82, 2.24) is 15.7 Å². The summed E-state index contributed by atoms with van der Waals surface area (Å²) in [6.45, 7) is 2.08. The van der Waals surface area contributed by atoms with Gasteiger partial charge in [0.2, 0.25) is 5.91 Å². The van der Waals surface area contributed by atoms with Gasteiger partial charge in [0.05, 0.1) is 22.9 Å². The van der Waals surface area contributed by atoms with Gasteiger partial charge in [-0.15, -0.1) is 0 Å². The molecule has 204 valence electrons. The predicted molar refractivity (Wildman–Crippen MR) is 155 cm³/mol. The van der Waals surface area contributed by atoms with Gasteiger partial charge in [-0.1, -0.05) is 35.9 Å². The van der Waals surface area contributed by atoms with Crippen LogP contribution in [0, 0.1) is 0 Å². The topological polar surface area (TPSA) is 108 Å². The van der Waals surface area contributed by atoms with Crippen molar-refractivity contribution in [2.45, 2.75) is 38.2 Å². The molecular formula is C30H33ClN4O4. The Morgan fingerprint density at radius 1 is 0.974 bits per heavy atom. The van der Waals surface area contributed by atoms with E-state index in [1.807, 2.05) is 54.6 Å². The van der Waals surface area contributed by atoms with Crippen LogP contribution in [0.1, 0.15) is 37.7 Å². The van der Waals surface area contributed by atoms with Gasteiger partial charge in [0.1, 0.15) is 24.2 Å². The van der Waals surface area contributed by atoms with Crippen LogP contribution in [-0.2, 0) is 4.79 Å². The molecule has 1 atom stereocenters. The Labute approximate surface area is 232 Å². The van der Waals surface area contributed by atoms with E-state index in [0.29, 0.717) is 36.8 Å². The molecule has 1 amide bonds. The van der Waals surface area contributed by atoms with Crippen molar-refractivity contribution in [3.05, 3.63) is 71.2 Å². The summed E-state index contributed by atoms with van der Waals surface area (Å²) >= 11 is 6.39. The Morgan fingerprint density at radius 3 is 2.69 bits per heavy atom. The number of para-hydroxylation sites is 1. The minimum atomic E-state index is -0.602. The molecule has 4 aromatic rings. The normalized spacial score (nSPS) is 14.3. The maximum Gasteiger partial charge on any atom is 0.240 e. The second-order valence-corrected chi connectivity index (χ2v) is 10.1. The van der Waals surface area contributed by atoms with Crippen molar-refractivity contribution >= 4 is 45.0 Å². The first-order valence-corrected chi connectivity index (χ1v) is 13.8. The standard InChI is InChI=1S/C30H33ClN4O4/c31-23-17-20(24-12-14-29(37)35-34-24)11-13-27(23)38-16-5-1-4-15-32-18-21(36)19-39-28-10-6-9-26-30(28)22-7-2-3-8-25(22)33-26/h2-3,6-11,13,17,21,32-33,36H,1,4-5,12,14-16,18-19H2,(H,35,37). The number of unbranched alkanes of at least 4 members (excludes halogenated alkanes) is 2. The Bertz CT molecular complexity index is 1470. The Hall–Kier alpha value is -3.59. The Morgan fingerprint density at radius 2 is 1.85 bits per heavy atom. The molecule has 1 aromatic heterocycles. The first-order valence-electron chi connectivity index (χ1n) is 13.4. The zero-order chi connectivity index (χ0) is 27.0. The Kier molecular flexibility index (Phi) is 8.98. The molecule has 39 heavy (non-hydrogen) atoms. The fourth-order valence-electron chi connectivity index (χ4n) is 4.69. The highest BCUT2D eigenvalue weighted by atomic mass is 35.5. The van der Waals surface area contributed by atoms with Crippen LogP contribution >= 0.6 is 11.6 Å². The van der Waals surface area contributed by atoms with Crippen LogP contribution in [0.5, 0.6) is 11.5 Å². The predicted octanol–water partition coefficient (Wildman–Crippen LogP) is 5.17. The number of aromatic nitrogens is 1. The van der Waals surface area contributed by atoms with Crippen LogP contribution in [0.4, 0.5) is 0 Å². The van der Waals surface area contributed by atoms with Crippen molar-refractivity contribution in [2.24, 2.45) is 5.10 Å². The van der Waals surface area contributed by atoms with E-state index in [0.717, 1.165) is 64.6 Å². The number of ether oxygens (including phenoxy) is 2. The summed E-state index contributed by atoms with van der Waals surface area (Å²) in [5.74, 6) is 1.35. The number of aliphatic hydroxyl groups is 1. The van der Waals surface area contributed by atoms with Crippen molar-refractivity contribution in [3.8, 4) is 11.5 Å². The number of H-pyrrole nitrogens is 1. The summed E-state index contributed by atoms with van der Waals surface area (Å²) in [6, 6.07) is 19.7. The first kappa shape index (κ1) is 27.0. The van der Waals surface area contributed by atoms with E-state index in [2.05, 4.69) is 26.9 Å². The lowest BCUT2D eigenvalue weighted by Crippen LogP contribution is -2.32. The molecule has 1 aliphatic heterocycles. The van der Waals surface area contributed by atoms with E-state index in [-0.39, 0.29) is 12.5 Å². The minimum absolute atomic E-state index is 0.0689. The smallest absolute Gasteiger partial charge is 0.240 e. The number of hydrogen-bond donors (Lipinski definition) is 4. The molecule has 3 aromatic carbocycles. The summed E-state index contributed by atoms with van der Waals surface area (Å²) in [5.41, 5.74) is 6.31. The molecule has 5 rings (SSSR count). The number of fused-ring (bicyclic) bond motifs is 3. The van der Waals surface area contributed by atoms with Gasteiger partial charge >= 0.3 is 0 Å². The van der Waals surface area contributed by atoms with E-state index >= 15 is 0 Å². The number of aliphatic hydroxyl groups excluding tert-OH is 1. The molecule has 0 radical (unpaired) electrons. The molecule has 1 aliphatic rings. The zero-order valence-electron chi connectivity index (χ0n) is 21.7. The molecule has 8 nitrogen and oxygen atoms in total. The largest absolute Gasteiger partial charge is 0.492 e. The quantitative estimate of drug-likeness (QED) is 0.172. The zero-order valence-corrected chi connectivity index (χ0v) is 22.5. The van der Waals surface area contributed by atoms with E-state index in [1.54, 1.807) is 0 Å². The number of halogens is 1. The molecule has 0 aliphatic carbocycles. The molecule has 1 unspecified atom stereocenters. The van der Waals surface area contributed by atoms with E-state index in [4.69, 9.17) is 21.1 Å². The number of hydrazone groups is 1. The van der Waals surface area contributed by atoms with Crippen LogP contribution in [-0.4, -0.2) is 54.1 Å². The number of amides is 1. The maximum atomic E-state index is 11.3. The summed E-state index contributed by atoms with van der Waals surface area (Å²) in [6.07, 6.45) is 3.30. The lowest BCUT2D eigenvalue weighted by molar-refractivity contribution is -0.121. The third kappa shape index (κ3) is 6.89. The van der Waals surface area contributed by atoms with Gasteiger partial charge in [-0.05, 0) is 67.8 Å². The lowest BCUT2D eigenvalue weighted by Gasteiger charge is -2.14. The van der Waals surface area contributed by atoms with E-state index in [9.17, 15) is 9.90 Å². The molecule has 0 bridgehead atoms. The van der Waals surface area contributed by atoms with Gasteiger partial charge in [0.15, 0.2) is 0 Å². The fourth-order valence-corrected chi connectivity index (χ4v) is 4.93. The van der Waals surface area contributed by atoms with Gasteiger partial charge < -0.3 is 24.9 Å². The van der Waals surface area contributed by atoms with Crippen molar-refractivity contribution in [2.75, 3.05) is 26.3 Å². The average molecular weight is 549 g/mol. The third-order valence-corrected chi connectivity index (χ3v) is 7.02. The highest BCUT2D eigenvalue weighted by Gasteiger charge is 2.15. The number of carbonyl (C=O) groups is 1. The average Bonchev–Trinajstić information content (AvgIpc) is 3.34. The molecule has 2 heterocycles. The summed E-state index contributed by atoms with van der Waals surface area (Å²) < 4.78 is 11.8. The second-order valence-electron chi connectivity index (χ2n) is 9.67. The lowest BCUT2D eigenvalue weighted by atomic mass is 10.0. The molecule has 4 N–H and O–H groups in total. The van der Waals surface area contributed by atoms with Crippen LogP contribution in [0.25, 0.3) is 21.8 Å². The summed E-state index contributed by atoms with van der Waals surface area (Å²) in [7, 11) is 0. The van der Waals surface area contributed by atoms with Gasteiger partial charge in [-0.25, -0.2) is 5.43 Å². The number of carbonyl (C=O) groups excluding carboxylic acids is 1. The molecule has 0 fully saturated rings. The van der Waals surface area contributed by atoms with Crippen molar-refractivity contribution < 1.29 is 19.4 Å². The van der Waals surface area contributed by atoms with E-state index in [1.165, 1.54) is 0 Å². The van der Waals surface area contributed by atoms with Gasteiger partial charge in [-0.3, -0.25) is 4.79 Å².